The molecule has 0 radical (unpaired) electrons. The molecule has 1 fully saturated rings. The highest BCUT2D eigenvalue weighted by molar-refractivity contribution is 5.99. The van der Waals surface area contributed by atoms with E-state index in [1.165, 1.54) is 6.20 Å². The minimum atomic E-state index is -0.537. The third-order valence-corrected chi connectivity index (χ3v) is 5.60. The number of ether oxygens (including phenoxy) is 1. The van der Waals surface area contributed by atoms with Gasteiger partial charge < -0.3 is 20.5 Å². The van der Waals surface area contributed by atoms with Gasteiger partial charge in [-0.25, -0.2) is 4.98 Å². The van der Waals surface area contributed by atoms with Gasteiger partial charge in [0, 0.05) is 18.3 Å². The predicted octanol–water partition coefficient (Wildman–Crippen LogP) is 2.99. The summed E-state index contributed by atoms with van der Waals surface area (Å²) in [4.78, 5) is 41.3. The van der Waals surface area contributed by atoms with Crippen LogP contribution in [0.4, 0.5) is 0 Å². The van der Waals surface area contributed by atoms with Crippen LogP contribution in [0, 0.1) is 5.92 Å². The predicted molar refractivity (Wildman–Crippen MR) is 124 cm³/mol. The van der Waals surface area contributed by atoms with Crippen LogP contribution in [0.1, 0.15) is 51.4 Å². The number of carbonyl (C=O) groups is 3. The molecule has 2 amide bonds. The van der Waals surface area contributed by atoms with Gasteiger partial charge in [0.1, 0.15) is 11.4 Å². The van der Waals surface area contributed by atoms with Crippen molar-refractivity contribution in [1.82, 2.24) is 15.6 Å². The van der Waals surface area contributed by atoms with Gasteiger partial charge >= 0.3 is 5.97 Å². The van der Waals surface area contributed by atoms with Gasteiger partial charge in [0.2, 0.25) is 0 Å². The number of hydrogen-bond acceptors (Lipinski definition) is 6. The van der Waals surface area contributed by atoms with Crippen molar-refractivity contribution in [2.24, 2.45) is 5.92 Å². The van der Waals surface area contributed by atoms with E-state index in [1.807, 2.05) is 60.7 Å². The Morgan fingerprint density at radius 1 is 1.03 bits per heavy atom. The Balaban J connectivity index is 1.46. The van der Waals surface area contributed by atoms with Crippen LogP contribution in [0.15, 0.2) is 72.9 Å². The fourth-order valence-corrected chi connectivity index (χ4v) is 3.71. The van der Waals surface area contributed by atoms with Crippen molar-refractivity contribution in [2.75, 3.05) is 6.61 Å². The summed E-state index contributed by atoms with van der Waals surface area (Å²) < 4.78 is 4.95. The Morgan fingerprint density at radius 3 is 2.21 bits per heavy atom. The molecule has 4 rings (SSSR count). The number of carbonyl (C=O) groups excluding carboxylic acids is 3. The van der Waals surface area contributed by atoms with Gasteiger partial charge in [-0.05, 0) is 24.5 Å². The highest BCUT2D eigenvalue weighted by atomic mass is 16.5. The molecule has 1 unspecified atom stereocenters. The molecule has 3 aromatic rings. The van der Waals surface area contributed by atoms with Crippen LogP contribution < -0.4 is 10.6 Å². The van der Waals surface area contributed by atoms with Crippen molar-refractivity contribution in [1.29, 1.82) is 0 Å². The standard InChI is InChI=1S/C26H25N3O5/c1-2-34-26(33)18-13-20(18)28-25(32)21-14-22(30)19(15-27-21)24(31)29-23(16-9-5-3-6-10-16)17-11-7-4-8-12-17/h3-12,14-15,18,20,23H,2,13H2,1H3,(H,27,30)(H,28,32)(H,29,31)/t18-,20?/m1/s1. The van der Waals surface area contributed by atoms with Crippen LogP contribution in [-0.2, 0) is 9.53 Å². The van der Waals surface area contributed by atoms with Crippen LogP contribution >= 0.6 is 0 Å². The maximum absolute atomic E-state index is 13.0. The first-order valence-corrected chi connectivity index (χ1v) is 11.0. The first-order valence-electron chi connectivity index (χ1n) is 11.0. The number of aromatic nitrogens is 1. The Kier molecular flexibility index (Phi) is 6.87. The molecule has 2 aromatic carbocycles. The molecule has 0 spiro atoms. The minimum Gasteiger partial charge on any atom is -0.507 e. The lowest BCUT2D eigenvalue weighted by Crippen LogP contribution is -2.31. The molecule has 0 aliphatic heterocycles. The van der Waals surface area contributed by atoms with Crippen molar-refractivity contribution >= 4 is 17.8 Å². The zero-order chi connectivity index (χ0) is 24.1. The van der Waals surface area contributed by atoms with Gasteiger partial charge in [-0.1, -0.05) is 60.7 Å². The molecule has 3 N–H and O–H groups in total. The number of hydrogen-bond donors (Lipinski definition) is 3. The summed E-state index contributed by atoms with van der Waals surface area (Å²) in [6.07, 6.45) is 1.67. The summed E-state index contributed by atoms with van der Waals surface area (Å²) in [7, 11) is 0. The van der Waals surface area contributed by atoms with Gasteiger partial charge in [-0.3, -0.25) is 14.4 Å². The molecule has 1 heterocycles. The second-order valence-corrected chi connectivity index (χ2v) is 7.99. The number of esters is 1. The zero-order valence-electron chi connectivity index (χ0n) is 18.6. The lowest BCUT2D eigenvalue weighted by atomic mass is 9.98. The number of pyridine rings is 1. The molecule has 0 saturated heterocycles. The quantitative estimate of drug-likeness (QED) is 0.446. The van der Waals surface area contributed by atoms with Gasteiger partial charge in [0.05, 0.1) is 24.1 Å². The van der Waals surface area contributed by atoms with Crippen molar-refractivity contribution in [3.63, 3.8) is 0 Å². The van der Waals surface area contributed by atoms with Gasteiger partial charge in [-0.15, -0.1) is 0 Å². The van der Waals surface area contributed by atoms with E-state index in [0.717, 1.165) is 17.2 Å². The van der Waals surface area contributed by atoms with Gasteiger partial charge in [0.25, 0.3) is 11.8 Å². The van der Waals surface area contributed by atoms with E-state index in [-0.39, 0.29) is 41.5 Å². The van der Waals surface area contributed by atoms with Crippen LogP contribution in [0.5, 0.6) is 5.75 Å². The molecule has 174 valence electrons. The van der Waals surface area contributed by atoms with E-state index in [0.29, 0.717) is 6.42 Å². The molecule has 1 aliphatic rings. The fraction of sp³-hybridized carbons (Fsp3) is 0.231. The van der Waals surface area contributed by atoms with Crippen molar-refractivity contribution in [2.45, 2.75) is 25.4 Å². The summed E-state index contributed by atoms with van der Waals surface area (Å²) in [5.41, 5.74) is 1.66. The molecule has 34 heavy (non-hydrogen) atoms. The molecule has 2 atom stereocenters. The first-order chi connectivity index (χ1) is 16.5. The Labute approximate surface area is 197 Å². The van der Waals surface area contributed by atoms with E-state index in [9.17, 15) is 19.5 Å². The molecular weight excluding hydrogens is 434 g/mol. The highest BCUT2D eigenvalue weighted by Crippen LogP contribution is 2.32. The van der Waals surface area contributed by atoms with Crippen LogP contribution in [-0.4, -0.2) is 40.5 Å². The number of aromatic hydroxyl groups is 1. The second-order valence-electron chi connectivity index (χ2n) is 7.99. The minimum absolute atomic E-state index is 0.0498. The average Bonchev–Trinajstić information content (AvgIpc) is 3.62. The molecule has 1 aromatic heterocycles. The molecule has 0 bridgehead atoms. The average molecular weight is 460 g/mol. The number of nitrogens with zero attached hydrogens (tertiary/aromatic N) is 1. The smallest absolute Gasteiger partial charge is 0.311 e. The zero-order valence-corrected chi connectivity index (χ0v) is 18.6. The number of nitrogens with one attached hydrogen (secondary N) is 2. The molecule has 8 nitrogen and oxygen atoms in total. The van der Waals surface area contributed by atoms with E-state index < -0.39 is 17.9 Å². The highest BCUT2D eigenvalue weighted by Gasteiger charge is 2.45. The molecular formula is C26H25N3O5. The number of rotatable bonds is 8. The summed E-state index contributed by atoms with van der Waals surface area (Å²) in [5, 5.41) is 16.1. The normalized spacial score (nSPS) is 16.5. The Hall–Kier alpha value is -4.20. The third kappa shape index (κ3) is 5.23. The van der Waals surface area contributed by atoms with Crippen LogP contribution in [0.25, 0.3) is 0 Å². The van der Waals surface area contributed by atoms with Crippen LogP contribution in [0.2, 0.25) is 0 Å². The Morgan fingerprint density at radius 2 is 1.65 bits per heavy atom. The fourth-order valence-electron chi connectivity index (χ4n) is 3.71. The maximum atomic E-state index is 13.0. The molecule has 1 aliphatic carbocycles. The molecule has 1 saturated carbocycles. The monoisotopic (exact) mass is 459 g/mol. The molecule has 8 heteroatoms. The summed E-state index contributed by atoms with van der Waals surface area (Å²) in [5.74, 6) is -2.14. The van der Waals surface area contributed by atoms with E-state index >= 15 is 0 Å². The summed E-state index contributed by atoms with van der Waals surface area (Å²) in [6, 6.07) is 19.3. The van der Waals surface area contributed by atoms with E-state index in [2.05, 4.69) is 15.6 Å². The number of benzene rings is 2. The van der Waals surface area contributed by atoms with Gasteiger partial charge in [0.15, 0.2) is 0 Å². The van der Waals surface area contributed by atoms with Crippen LogP contribution in [0.3, 0.4) is 0 Å². The maximum Gasteiger partial charge on any atom is 0.311 e. The van der Waals surface area contributed by atoms with Crippen molar-refractivity contribution < 1.29 is 24.2 Å². The summed E-state index contributed by atoms with van der Waals surface area (Å²) in [6.45, 7) is 2.00. The summed E-state index contributed by atoms with van der Waals surface area (Å²) >= 11 is 0. The van der Waals surface area contributed by atoms with E-state index in [1.54, 1.807) is 6.92 Å². The number of amides is 2. The first kappa shape index (κ1) is 23.0. The third-order valence-electron chi connectivity index (χ3n) is 5.60. The largest absolute Gasteiger partial charge is 0.507 e. The van der Waals surface area contributed by atoms with E-state index in [4.69, 9.17) is 4.74 Å². The second kappa shape index (κ2) is 10.2. The van der Waals surface area contributed by atoms with Gasteiger partial charge in [-0.2, -0.15) is 0 Å². The SMILES string of the molecule is CCOC(=O)[C@@H]1CC1NC(=O)c1cc(O)c(C(=O)NC(c2ccccc2)c2ccccc2)cn1. The lowest BCUT2D eigenvalue weighted by molar-refractivity contribution is -0.144. The topological polar surface area (TPSA) is 118 Å². The lowest BCUT2D eigenvalue weighted by Gasteiger charge is -2.20. The van der Waals surface area contributed by atoms with Crippen molar-refractivity contribution in [3.05, 3.63) is 95.3 Å². The van der Waals surface area contributed by atoms with Crippen molar-refractivity contribution in [3.8, 4) is 5.75 Å². The Bertz CT molecular complexity index is 1140.